The fraction of sp³-hybridized carbons (Fsp3) is 0.200. The third-order valence-electron chi connectivity index (χ3n) is 2.58. The van der Waals surface area contributed by atoms with E-state index in [9.17, 15) is 4.39 Å². The quantitative estimate of drug-likeness (QED) is 0.817. The minimum Gasteiger partial charge on any atom is -0.490 e. The molecule has 3 nitrogen and oxygen atoms in total. The van der Waals surface area contributed by atoms with Crippen molar-refractivity contribution in [2.45, 2.75) is 6.61 Å². The molecule has 0 atom stereocenters. The highest BCUT2D eigenvalue weighted by atomic mass is 79.9. The normalized spacial score (nSPS) is 10.3. The molecule has 2 rings (SSSR count). The van der Waals surface area contributed by atoms with Gasteiger partial charge in [-0.25, -0.2) is 4.39 Å². The van der Waals surface area contributed by atoms with Gasteiger partial charge in [0.05, 0.1) is 6.61 Å². The lowest BCUT2D eigenvalue weighted by atomic mass is 10.2. The Morgan fingerprint density at radius 3 is 2.55 bits per heavy atom. The van der Waals surface area contributed by atoms with Crippen LogP contribution in [0.2, 0.25) is 0 Å². The first-order valence-corrected chi connectivity index (χ1v) is 6.89. The predicted molar refractivity (Wildman–Crippen MR) is 77.5 cm³/mol. The van der Waals surface area contributed by atoms with E-state index in [0.29, 0.717) is 12.2 Å². The van der Waals surface area contributed by atoms with Crippen molar-refractivity contribution in [1.29, 1.82) is 0 Å². The van der Waals surface area contributed by atoms with Gasteiger partial charge >= 0.3 is 0 Å². The number of aliphatic hydroxyl groups is 1. The van der Waals surface area contributed by atoms with E-state index in [-0.39, 0.29) is 19.0 Å². The van der Waals surface area contributed by atoms with Gasteiger partial charge in [-0.15, -0.1) is 0 Å². The first-order valence-electron chi connectivity index (χ1n) is 6.09. The summed E-state index contributed by atoms with van der Waals surface area (Å²) in [6.45, 7) is 0.364. The molecule has 0 fully saturated rings. The van der Waals surface area contributed by atoms with Crippen molar-refractivity contribution in [3.05, 3.63) is 58.3 Å². The first kappa shape index (κ1) is 14.8. The van der Waals surface area contributed by atoms with Gasteiger partial charge in [0.2, 0.25) is 0 Å². The smallest absolute Gasteiger partial charge is 0.165 e. The third kappa shape index (κ3) is 4.21. The van der Waals surface area contributed by atoms with E-state index in [0.717, 1.165) is 10.2 Å². The van der Waals surface area contributed by atoms with E-state index in [2.05, 4.69) is 15.9 Å². The van der Waals surface area contributed by atoms with Crippen molar-refractivity contribution in [1.82, 2.24) is 0 Å². The van der Waals surface area contributed by atoms with Crippen LogP contribution in [0.25, 0.3) is 0 Å². The Balaban J connectivity index is 1.81. The monoisotopic (exact) mass is 340 g/mol. The number of ether oxygens (including phenoxy) is 2. The highest BCUT2D eigenvalue weighted by Crippen LogP contribution is 2.19. The van der Waals surface area contributed by atoms with Gasteiger partial charge in [0, 0.05) is 4.47 Å². The molecule has 2 aromatic rings. The molecule has 0 unspecified atom stereocenters. The average Bonchev–Trinajstić information content (AvgIpc) is 2.45. The fourth-order valence-electron chi connectivity index (χ4n) is 1.63. The number of aliphatic hydroxyl groups excluding tert-OH is 1. The van der Waals surface area contributed by atoms with E-state index in [1.54, 1.807) is 6.07 Å². The molecular formula is C15H14BrFO3. The molecule has 0 heterocycles. The zero-order valence-corrected chi connectivity index (χ0v) is 12.3. The van der Waals surface area contributed by atoms with Gasteiger partial charge in [0.1, 0.15) is 19.0 Å². The number of hydrogen-bond donors (Lipinski definition) is 1. The summed E-state index contributed by atoms with van der Waals surface area (Å²) in [4.78, 5) is 0. The highest BCUT2D eigenvalue weighted by Gasteiger charge is 2.04. The van der Waals surface area contributed by atoms with Gasteiger partial charge in [-0.1, -0.05) is 28.1 Å². The van der Waals surface area contributed by atoms with Crippen LogP contribution >= 0.6 is 15.9 Å². The molecule has 0 spiro atoms. The standard InChI is InChI=1S/C15H14BrFO3/c16-12-2-1-3-13(9-12)19-6-7-20-15-5-4-11(10-18)8-14(15)17/h1-5,8-9,18H,6-7,10H2. The Hall–Kier alpha value is -1.59. The summed E-state index contributed by atoms with van der Waals surface area (Å²) in [6.07, 6.45) is 0. The summed E-state index contributed by atoms with van der Waals surface area (Å²) in [6, 6.07) is 11.8. The van der Waals surface area contributed by atoms with Crippen LogP contribution in [0.15, 0.2) is 46.9 Å². The molecule has 0 aliphatic heterocycles. The Morgan fingerprint density at radius 2 is 1.85 bits per heavy atom. The summed E-state index contributed by atoms with van der Waals surface area (Å²) >= 11 is 3.35. The molecule has 5 heteroatoms. The minimum atomic E-state index is -0.487. The Labute approximate surface area is 125 Å². The van der Waals surface area contributed by atoms with E-state index >= 15 is 0 Å². The zero-order chi connectivity index (χ0) is 14.4. The fourth-order valence-corrected chi connectivity index (χ4v) is 2.01. The first-order chi connectivity index (χ1) is 9.69. The van der Waals surface area contributed by atoms with E-state index in [1.165, 1.54) is 12.1 Å². The molecule has 20 heavy (non-hydrogen) atoms. The van der Waals surface area contributed by atoms with E-state index in [4.69, 9.17) is 14.6 Å². The number of benzene rings is 2. The molecule has 0 amide bonds. The molecule has 0 saturated heterocycles. The van der Waals surface area contributed by atoms with Gasteiger partial charge in [-0.3, -0.25) is 0 Å². The second kappa shape index (κ2) is 7.26. The molecule has 0 bridgehead atoms. The van der Waals surface area contributed by atoms with Crippen LogP contribution in [0.3, 0.4) is 0 Å². The Kier molecular flexibility index (Phi) is 5.38. The predicted octanol–water partition coefficient (Wildman–Crippen LogP) is 3.54. The number of rotatable bonds is 6. The van der Waals surface area contributed by atoms with Gasteiger partial charge in [0.25, 0.3) is 0 Å². The van der Waals surface area contributed by atoms with Crippen LogP contribution in [-0.4, -0.2) is 18.3 Å². The maximum absolute atomic E-state index is 13.6. The van der Waals surface area contributed by atoms with Crippen molar-refractivity contribution in [3.63, 3.8) is 0 Å². The Bertz CT molecular complexity index is 575. The van der Waals surface area contributed by atoms with Gasteiger partial charge < -0.3 is 14.6 Å². The van der Waals surface area contributed by atoms with Crippen molar-refractivity contribution < 1.29 is 19.0 Å². The highest BCUT2D eigenvalue weighted by molar-refractivity contribution is 9.10. The zero-order valence-electron chi connectivity index (χ0n) is 10.7. The Morgan fingerprint density at radius 1 is 1.05 bits per heavy atom. The maximum Gasteiger partial charge on any atom is 0.165 e. The lowest BCUT2D eigenvalue weighted by Crippen LogP contribution is -2.09. The minimum absolute atomic E-state index is 0.153. The summed E-state index contributed by atoms with van der Waals surface area (Å²) in [5.41, 5.74) is 0.514. The second-order valence-electron chi connectivity index (χ2n) is 4.08. The molecule has 0 aliphatic rings. The molecule has 1 N–H and O–H groups in total. The topological polar surface area (TPSA) is 38.7 Å². The SMILES string of the molecule is OCc1ccc(OCCOc2cccc(Br)c2)c(F)c1. The molecular weight excluding hydrogens is 327 g/mol. The lowest BCUT2D eigenvalue weighted by Gasteiger charge is -2.09. The average molecular weight is 341 g/mol. The molecule has 0 aliphatic carbocycles. The third-order valence-corrected chi connectivity index (χ3v) is 3.08. The van der Waals surface area contributed by atoms with Crippen LogP contribution in [0.1, 0.15) is 5.56 Å². The molecule has 0 saturated carbocycles. The van der Waals surface area contributed by atoms with Gasteiger partial charge in [-0.05, 0) is 35.9 Å². The van der Waals surface area contributed by atoms with Crippen LogP contribution in [0, 0.1) is 5.82 Å². The largest absolute Gasteiger partial charge is 0.490 e. The van der Waals surface area contributed by atoms with Crippen molar-refractivity contribution in [3.8, 4) is 11.5 Å². The molecule has 0 aromatic heterocycles. The van der Waals surface area contributed by atoms with Gasteiger partial charge in [-0.2, -0.15) is 0 Å². The molecule has 106 valence electrons. The summed E-state index contributed by atoms with van der Waals surface area (Å²) < 4.78 is 25.3. The van der Waals surface area contributed by atoms with Crippen LogP contribution in [0.4, 0.5) is 4.39 Å². The van der Waals surface area contributed by atoms with Crippen LogP contribution in [-0.2, 0) is 6.61 Å². The maximum atomic E-state index is 13.6. The van der Waals surface area contributed by atoms with E-state index < -0.39 is 5.82 Å². The van der Waals surface area contributed by atoms with Crippen LogP contribution in [0.5, 0.6) is 11.5 Å². The van der Waals surface area contributed by atoms with Crippen molar-refractivity contribution >= 4 is 15.9 Å². The lowest BCUT2D eigenvalue weighted by molar-refractivity contribution is 0.211. The van der Waals surface area contributed by atoms with E-state index in [1.807, 2.05) is 24.3 Å². The van der Waals surface area contributed by atoms with Crippen molar-refractivity contribution in [2.24, 2.45) is 0 Å². The summed E-state index contributed by atoms with van der Waals surface area (Å²) in [5, 5.41) is 8.88. The number of halogens is 2. The second-order valence-corrected chi connectivity index (χ2v) is 4.99. The van der Waals surface area contributed by atoms with Crippen LogP contribution < -0.4 is 9.47 Å². The van der Waals surface area contributed by atoms with Gasteiger partial charge in [0.15, 0.2) is 11.6 Å². The molecule has 2 aromatic carbocycles. The van der Waals surface area contributed by atoms with Crippen molar-refractivity contribution in [2.75, 3.05) is 13.2 Å². The summed E-state index contributed by atoms with van der Waals surface area (Å²) in [5.74, 6) is 0.387. The number of hydrogen-bond acceptors (Lipinski definition) is 3. The molecule has 0 radical (unpaired) electrons. The summed E-state index contributed by atoms with van der Waals surface area (Å²) in [7, 11) is 0.